The van der Waals surface area contributed by atoms with Crippen molar-refractivity contribution in [3.63, 3.8) is 0 Å². The van der Waals surface area contributed by atoms with Crippen LogP contribution in [-0.2, 0) is 0 Å². The summed E-state index contributed by atoms with van der Waals surface area (Å²) in [6.07, 6.45) is 1.27. The standard InChI is InChI=1S/C22H16N6O2/c23-20(29)18-19(25-12-24-18)21(30)28(22-26-15-9-3-4-10-16(15)27-22)17-11-5-7-13-6-1-2-8-14(13)17/h1-12H,(H2,23,29)(H,24,25)(H,26,27). The number of rotatable bonds is 4. The normalized spacial score (nSPS) is 11.1. The smallest absolute Gasteiger partial charge is 0.286 e. The largest absolute Gasteiger partial charge is 0.364 e. The molecule has 0 saturated carbocycles. The first-order valence-electron chi connectivity index (χ1n) is 9.23. The van der Waals surface area contributed by atoms with Gasteiger partial charge >= 0.3 is 0 Å². The number of aromatic nitrogens is 4. The van der Waals surface area contributed by atoms with Crippen LogP contribution in [0.25, 0.3) is 21.8 Å². The SMILES string of the molecule is NC(=O)c1[nH]cnc1C(=O)N(c1nc2ccccc2[nH]1)c1cccc2ccccc12. The average Bonchev–Trinajstić information content (AvgIpc) is 3.41. The molecule has 0 bridgehead atoms. The minimum Gasteiger partial charge on any atom is -0.364 e. The number of nitrogens with two attached hydrogens (primary N) is 1. The van der Waals surface area contributed by atoms with E-state index in [0.29, 0.717) is 17.2 Å². The second kappa shape index (κ2) is 6.85. The molecule has 8 heteroatoms. The van der Waals surface area contributed by atoms with E-state index in [1.807, 2.05) is 66.7 Å². The van der Waals surface area contributed by atoms with Crippen molar-refractivity contribution in [3.05, 3.63) is 84.4 Å². The number of carbonyl (C=O) groups excluding carboxylic acids is 2. The van der Waals surface area contributed by atoms with Gasteiger partial charge in [0.05, 0.1) is 23.0 Å². The topological polar surface area (TPSA) is 121 Å². The number of H-pyrrole nitrogens is 2. The quantitative estimate of drug-likeness (QED) is 0.430. The van der Waals surface area contributed by atoms with Crippen LogP contribution in [0, 0.1) is 0 Å². The van der Waals surface area contributed by atoms with E-state index in [9.17, 15) is 9.59 Å². The highest BCUT2D eigenvalue weighted by Crippen LogP contribution is 2.33. The van der Waals surface area contributed by atoms with Gasteiger partial charge in [0.15, 0.2) is 5.69 Å². The molecule has 2 heterocycles. The van der Waals surface area contributed by atoms with Crippen molar-refractivity contribution in [3.8, 4) is 0 Å². The minimum atomic E-state index is -0.765. The molecule has 0 aliphatic carbocycles. The summed E-state index contributed by atoms with van der Waals surface area (Å²) in [5.41, 5.74) is 7.39. The number of fused-ring (bicyclic) bond motifs is 2. The molecule has 3 aromatic carbocycles. The van der Waals surface area contributed by atoms with Crippen LogP contribution in [0.1, 0.15) is 21.0 Å². The number of benzene rings is 3. The highest BCUT2D eigenvalue weighted by molar-refractivity contribution is 6.17. The van der Waals surface area contributed by atoms with Crippen molar-refractivity contribution in [2.45, 2.75) is 0 Å². The molecule has 0 atom stereocenters. The molecule has 0 aliphatic heterocycles. The first-order chi connectivity index (χ1) is 14.6. The lowest BCUT2D eigenvalue weighted by Crippen LogP contribution is -2.30. The Hall–Kier alpha value is -4.46. The van der Waals surface area contributed by atoms with E-state index in [1.165, 1.54) is 11.2 Å². The lowest BCUT2D eigenvalue weighted by Gasteiger charge is -2.21. The van der Waals surface area contributed by atoms with E-state index in [2.05, 4.69) is 19.9 Å². The van der Waals surface area contributed by atoms with Crippen molar-refractivity contribution in [1.29, 1.82) is 0 Å². The lowest BCUT2D eigenvalue weighted by molar-refractivity contribution is 0.0961. The highest BCUT2D eigenvalue weighted by atomic mass is 16.2. The van der Waals surface area contributed by atoms with Gasteiger partial charge in [-0.2, -0.15) is 0 Å². The second-order valence-corrected chi connectivity index (χ2v) is 6.71. The molecule has 146 valence electrons. The number of primary amides is 1. The van der Waals surface area contributed by atoms with E-state index in [0.717, 1.165) is 16.3 Å². The molecule has 0 fully saturated rings. The van der Waals surface area contributed by atoms with Gasteiger partial charge in [-0.3, -0.25) is 9.59 Å². The predicted molar refractivity (Wildman–Crippen MR) is 114 cm³/mol. The summed E-state index contributed by atoms with van der Waals surface area (Å²) in [4.78, 5) is 41.3. The molecule has 30 heavy (non-hydrogen) atoms. The van der Waals surface area contributed by atoms with Gasteiger partial charge in [-0.1, -0.05) is 48.5 Å². The molecule has 5 aromatic rings. The van der Waals surface area contributed by atoms with Crippen LogP contribution in [0.2, 0.25) is 0 Å². The van der Waals surface area contributed by atoms with Crippen molar-refractivity contribution in [2.24, 2.45) is 5.73 Å². The maximum absolute atomic E-state index is 13.6. The molecule has 8 nitrogen and oxygen atoms in total. The molecule has 0 aliphatic rings. The Morgan fingerprint density at radius 3 is 2.53 bits per heavy atom. The van der Waals surface area contributed by atoms with Crippen molar-refractivity contribution >= 4 is 45.3 Å². The van der Waals surface area contributed by atoms with Gasteiger partial charge in [-0.05, 0) is 23.6 Å². The van der Waals surface area contributed by atoms with Crippen LogP contribution >= 0.6 is 0 Å². The number of aromatic amines is 2. The fourth-order valence-electron chi connectivity index (χ4n) is 3.52. The Labute approximate surface area is 170 Å². The van der Waals surface area contributed by atoms with Gasteiger partial charge in [0.2, 0.25) is 5.95 Å². The third kappa shape index (κ3) is 2.78. The molecular weight excluding hydrogens is 380 g/mol. The predicted octanol–water partition coefficient (Wildman–Crippen LogP) is 3.52. The minimum absolute atomic E-state index is 0.0543. The zero-order valence-corrected chi connectivity index (χ0v) is 15.7. The fourth-order valence-corrected chi connectivity index (χ4v) is 3.52. The molecule has 0 saturated heterocycles. The molecule has 4 N–H and O–H groups in total. The van der Waals surface area contributed by atoms with Crippen LogP contribution in [0.15, 0.2) is 73.1 Å². The molecular formula is C22H16N6O2. The molecule has 2 aromatic heterocycles. The highest BCUT2D eigenvalue weighted by Gasteiger charge is 2.29. The van der Waals surface area contributed by atoms with Gasteiger partial charge in [-0.15, -0.1) is 0 Å². The van der Waals surface area contributed by atoms with Crippen LogP contribution in [0.3, 0.4) is 0 Å². The summed E-state index contributed by atoms with van der Waals surface area (Å²) >= 11 is 0. The zero-order valence-electron chi connectivity index (χ0n) is 15.7. The molecule has 5 rings (SSSR count). The van der Waals surface area contributed by atoms with Gasteiger partial charge in [-0.25, -0.2) is 14.9 Å². The van der Waals surface area contributed by atoms with E-state index < -0.39 is 11.8 Å². The van der Waals surface area contributed by atoms with Gasteiger partial charge in [0.1, 0.15) is 5.69 Å². The first-order valence-corrected chi connectivity index (χ1v) is 9.23. The Kier molecular flexibility index (Phi) is 4.03. The third-order valence-electron chi connectivity index (χ3n) is 4.89. The number of hydrogen-bond donors (Lipinski definition) is 3. The van der Waals surface area contributed by atoms with Gasteiger partial charge in [0.25, 0.3) is 11.8 Å². The number of anilines is 2. The molecule has 0 unspecified atom stereocenters. The van der Waals surface area contributed by atoms with Crippen LogP contribution in [-0.4, -0.2) is 31.8 Å². The second-order valence-electron chi connectivity index (χ2n) is 6.71. The van der Waals surface area contributed by atoms with Crippen LogP contribution < -0.4 is 10.6 Å². The molecule has 0 radical (unpaired) electrons. The van der Waals surface area contributed by atoms with E-state index in [1.54, 1.807) is 0 Å². The Bertz CT molecular complexity index is 1380. The Balaban J connectivity index is 1.76. The summed E-state index contributed by atoms with van der Waals surface area (Å²) in [6.45, 7) is 0. The lowest BCUT2D eigenvalue weighted by atomic mass is 10.1. The average molecular weight is 396 g/mol. The summed E-state index contributed by atoms with van der Waals surface area (Å²) in [5.74, 6) is -0.977. The number of amides is 2. The molecule has 2 amide bonds. The monoisotopic (exact) mass is 396 g/mol. The summed E-state index contributed by atoms with van der Waals surface area (Å²) < 4.78 is 0. The number of nitrogens with zero attached hydrogens (tertiary/aromatic N) is 3. The number of para-hydroxylation sites is 2. The fraction of sp³-hybridized carbons (Fsp3) is 0. The summed E-state index contributed by atoms with van der Waals surface area (Å²) in [7, 11) is 0. The maximum atomic E-state index is 13.6. The number of carbonyl (C=O) groups is 2. The van der Waals surface area contributed by atoms with Crippen molar-refractivity contribution < 1.29 is 9.59 Å². The van der Waals surface area contributed by atoms with Crippen molar-refractivity contribution in [1.82, 2.24) is 19.9 Å². The first kappa shape index (κ1) is 17.6. The zero-order chi connectivity index (χ0) is 20.7. The Morgan fingerprint density at radius 2 is 1.70 bits per heavy atom. The number of nitrogens with one attached hydrogen (secondary N) is 2. The van der Waals surface area contributed by atoms with E-state index in [4.69, 9.17) is 5.73 Å². The number of hydrogen-bond acceptors (Lipinski definition) is 4. The van der Waals surface area contributed by atoms with Crippen molar-refractivity contribution in [2.75, 3.05) is 4.90 Å². The van der Waals surface area contributed by atoms with Gasteiger partial charge < -0.3 is 15.7 Å². The van der Waals surface area contributed by atoms with E-state index >= 15 is 0 Å². The maximum Gasteiger partial charge on any atom is 0.286 e. The van der Waals surface area contributed by atoms with Gasteiger partial charge in [0, 0.05) is 5.39 Å². The van der Waals surface area contributed by atoms with Crippen LogP contribution in [0.4, 0.5) is 11.6 Å². The molecule has 0 spiro atoms. The van der Waals surface area contributed by atoms with Crippen LogP contribution in [0.5, 0.6) is 0 Å². The summed E-state index contributed by atoms with van der Waals surface area (Å²) in [6, 6.07) is 20.8. The Morgan fingerprint density at radius 1 is 0.933 bits per heavy atom. The third-order valence-corrected chi connectivity index (χ3v) is 4.89. The number of imidazole rings is 2. The summed E-state index contributed by atoms with van der Waals surface area (Å²) in [5, 5.41) is 1.81. The van der Waals surface area contributed by atoms with E-state index in [-0.39, 0.29) is 11.4 Å².